The van der Waals surface area contributed by atoms with Gasteiger partial charge in [-0.05, 0) is 52.2 Å². The van der Waals surface area contributed by atoms with E-state index in [4.69, 9.17) is 28.9 Å². The van der Waals surface area contributed by atoms with Crippen LogP contribution >= 0.6 is 39.1 Å². The van der Waals surface area contributed by atoms with Gasteiger partial charge in [-0.3, -0.25) is 0 Å². The molecule has 18 heavy (non-hydrogen) atoms. The molecule has 0 spiro atoms. The minimum atomic E-state index is 0.0272. The van der Waals surface area contributed by atoms with E-state index >= 15 is 0 Å². The van der Waals surface area contributed by atoms with E-state index in [0.717, 1.165) is 10.0 Å². The van der Waals surface area contributed by atoms with E-state index in [1.165, 1.54) is 0 Å². The zero-order chi connectivity index (χ0) is 13.3. The number of nitrogens with two attached hydrogens (primary N) is 1. The molecule has 1 aromatic heterocycles. The molecule has 0 radical (unpaired) electrons. The second kappa shape index (κ2) is 5.26. The quantitative estimate of drug-likeness (QED) is 0.867. The highest BCUT2D eigenvalue weighted by molar-refractivity contribution is 9.10. The molecule has 0 saturated heterocycles. The highest BCUT2D eigenvalue weighted by Crippen LogP contribution is 2.30. The van der Waals surface area contributed by atoms with Gasteiger partial charge < -0.3 is 11.1 Å². The van der Waals surface area contributed by atoms with Crippen LogP contribution in [0.25, 0.3) is 0 Å². The van der Waals surface area contributed by atoms with Crippen LogP contribution in [-0.2, 0) is 0 Å². The second-order valence-corrected chi connectivity index (χ2v) is 5.09. The molecule has 0 aliphatic heterocycles. The van der Waals surface area contributed by atoms with E-state index < -0.39 is 0 Å². The summed E-state index contributed by atoms with van der Waals surface area (Å²) in [7, 11) is 0. The van der Waals surface area contributed by atoms with Crippen molar-refractivity contribution in [1.29, 1.82) is 0 Å². The molecule has 0 aliphatic rings. The normalized spacial score (nSPS) is 10.4. The number of aromatic nitrogens is 3. The lowest BCUT2D eigenvalue weighted by molar-refractivity contribution is 1.07. The Kier molecular flexibility index (Phi) is 3.89. The molecular formula is C10H8BrCl2N5. The molecule has 1 heterocycles. The van der Waals surface area contributed by atoms with Crippen molar-refractivity contribution in [3.05, 3.63) is 32.5 Å². The van der Waals surface area contributed by atoms with Crippen molar-refractivity contribution in [1.82, 2.24) is 15.0 Å². The van der Waals surface area contributed by atoms with Crippen LogP contribution in [0.4, 0.5) is 17.6 Å². The summed E-state index contributed by atoms with van der Waals surface area (Å²) in [5.41, 5.74) is 7.16. The minimum Gasteiger partial charge on any atom is -0.368 e. The number of halogens is 3. The number of nitrogens with zero attached hydrogens (tertiary/aromatic N) is 3. The predicted molar refractivity (Wildman–Crippen MR) is 76.4 cm³/mol. The van der Waals surface area contributed by atoms with Gasteiger partial charge in [-0.2, -0.15) is 15.0 Å². The number of benzene rings is 1. The fourth-order valence-electron chi connectivity index (χ4n) is 1.28. The summed E-state index contributed by atoms with van der Waals surface area (Å²) in [5.74, 6) is 0.306. The fraction of sp³-hybridized carbons (Fsp3) is 0.100. The van der Waals surface area contributed by atoms with Crippen LogP contribution < -0.4 is 11.1 Å². The maximum atomic E-state index is 6.05. The molecular weight excluding hydrogens is 341 g/mol. The number of aryl methyl sites for hydroxylation is 1. The highest BCUT2D eigenvalue weighted by atomic mass is 79.9. The summed E-state index contributed by atoms with van der Waals surface area (Å²) in [5, 5.41) is 3.62. The van der Waals surface area contributed by atoms with Crippen LogP contribution in [-0.4, -0.2) is 15.0 Å². The molecule has 0 bridgehead atoms. The van der Waals surface area contributed by atoms with Crippen molar-refractivity contribution in [3.63, 3.8) is 0 Å². The monoisotopic (exact) mass is 347 g/mol. The Labute approximate surface area is 122 Å². The molecule has 3 N–H and O–H groups in total. The number of hydrogen-bond donors (Lipinski definition) is 2. The minimum absolute atomic E-state index is 0.0272. The van der Waals surface area contributed by atoms with E-state index in [2.05, 4.69) is 36.2 Å². The molecule has 0 atom stereocenters. The molecule has 2 rings (SSSR count). The van der Waals surface area contributed by atoms with Gasteiger partial charge in [0.15, 0.2) is 0 Å². The van der Waals surface area contributed by atoms with Crippen LogP contribution in [0, 0.1) is 6.92 Å². The summed E-state index contributed by atoms with van der Waals surface area (Å²) in [6.07, 6.45) is 0. The van der Waals surface area contributed by atoms with Crippen molar-refractivity contribution >= 4 is 56.7 Å². The van der Waals surface area contributed by atoms with E-state index in [-0.39, 0.29) is 17.2 Å². The van der Waals surface area contributed by atoms with Crippen molar-refractivity contribution in [2.75, 3.05) is 11.1 Å². The van der Waals surface area contributed by atoms with Gasteiger partial charge in [-0.15, -0.1) is 0 Å². The number of rotatable bonds is 2. The molecule has 1 aromatic carbocycles. The second-order valence-electron chi connectivity index (χ2n) is 3.49. The average Bonchev–Trinajstić information content (AvgIpc) is 2.24. The maximum Gasteiger partial charge on any atom is 0.233 e. The van der Waals surface area contributed by atoms with Crippen LogP contribution in [0.15, 0.2) is 16.6 Å². The highest BCUT2D eigenvalue weighted by Gasteiger charge is 2.08. The lowest BCUT2D eigenvalue weighted by Crippen LogP contribution is -2.03. The average molecular weight is 349 g/mol. The Balaban J connectivity index is 2.36. The molecule has 2 aromatic rings. The molecule has 0 amide bonds. The van der Waals surface area contributed by atoms with Gasteiger partial charge in [-0.1, -0.05) is 11.6 Å². The third-order valence-corrected chi connectivity index (χ3v) is 3.35. The van der Waals surface area contributed by atoms with E-state index in [1.807, 2.05) is 13.0 Å². The van der Waals surface area contributed by atoms with Gasteiger partial charge in [0.1, 0.15) is 0 Å². The van der Waals surface area contributed by atoms with Crippen LogP contribution in [0.2, 0.25) is 10.3 Å². The molecule has 5 nitrogen and oxygen atoms in total. The first-order valence-corrected chi connectivity index (χ1v) is 6.40. The third kappa shape index (κ3) is 3.01. The zero-order valence-electron chi connectivity index (χ0n) is 9.21. The zero-order valence-corrected chi connectivity index (χ0v) is 12.3. The van der Waals surface area contributed by atoms with Gasteiger partial charge in [0.25, 0.3) is 0 Å². The summed E-state index contributed by atoms with van der Waals surface area (Å²) >= 11 is 15.2. The summed E-state index contributed by atoms with van der Waals surface area (Å²) in [6.45, 7) is 1.91. The molecule has 0 fully saturated rings. The van der Waals surface area contributed by atoms with Gasteiger partial charge >= 0.3 is 0 Å². The molecule has 0 saturated carbocycles. The summed E-state index contributed by atoms with van der Waals surface area (Å²) < 4.78 is 0.833. The fourth-order valence-corrected chi connectivity index (χ4v) is 2.17. The number of nitrogens with one attached hydrogen (secondary N) is 1. The Morgan fingerprint density at radius 1 is 1.22 bits per heavy atom. The lowest BCUT2D eigenvalue weighted by Gasteiger charge is -2.09. The number of anilines is 3. The van der Waals surface area contributed by atoms with E-state index in [9.17, 15) is 0 Å². The van der Waals surface area contributed by atoms with Crippen molar-refractivity contribution in [3.8, 4) is 0 Å². The Morgan fingerprint density at radius 3 is 2.61 bits per heavy atom. The lowest BCUT2D eigenvalue weighted by atomic mass is 10.2. The first-order valence-electron chi connectivity index (χ1n) is 4.85. The van der Waals surface area contributed by atoms with E-state index in [0.29, 0.717) is 10.7 Å². The first-order chi connectivity index (χ1) is 8.45. The third-order valence-electron chi connectivity index (χ3n) is 2.12. The van der Waals surface area contributed by atoms with Crippen molar-refractivity contribution in [2.24, 2.45) is 0 Å². The van der Waals surface area contributed by atoms with Gasteiger partial charge in [-0.25, -0.2) is 0 Å². The van der Waals surface area contributed by atoms with Gasteiger partial charge in [0.05, 0.1) is 5.69 Å². The smallest absolute Gasteiger partial charge is 0.233 e. The van der Waals surface area contributed by atoms with Gasteiger partial charge in [0, 0.05) is 9.50 Å². The Bertz CT molecular complexity index is 585. The molecule has 8 heteroatoms. The van der Waals surface area contributed by atoms with Crippen LogP contribution in [0.5, 0.6) is 0 Å². The first kappa shape index (κ1) is 13.3. The summed E-state index contributed by atoms with van der Waals surface area (Å²) in [4.78, 5) is 11.5. The standard InChI is InChI=1S/C10H8BrCl2N5/c1-4-2-5(11)7(3-6(4)12)15-10-17-8(13)16-9(14)18-10/h2-3H,1H3,(H3,14,15,16,17,18). The molecule has 94 valence electrons. The van der Waals surface area contributed by atoms with Crippen LogP contribution in [0.1, 0.15) is 5.56 Å². The van der Waals surface area contributed by atoms with Crippen molar-refractivity contribution in [2.45, 2.75) is 6.92 Å². The largest absolute Gasteiger partial charge is 0.368 e. The summed E-state index contributed by atoms with van der Waals surface area (Å²) in [6, 6.07) is 3.64. The van der Waals surface area contributed by atoms with Crippen molar-refractivity contribution < 1.29 is 0 Å². The predicted octanol–water partition coefficient (Wildman–Crippen LogP) is 3.58. The topological polar surface area (TPSA) is 76.7 Å². The molecule has 0 unspecified atom stereocenters. The van der Waals surface area contributed by atoms with Crippen LogP contribution in [0.3, 0.4) is 0 Å². The Morgan fingerprint density at radius 2 is 1.94 bits per heavy atom. The maximum absolute atomic E-state index is 6.05. The number of hydrogen-bond acceptors (Lipinski definition) is 5. The van der Waals surface area contributed by atoms with E-state index in [1.54, 1.807) is 6.07 Å². The van der Waals surface area contributed by atoms with Gasteiger partial charge in [0.2, 0.25) is 17.2 Å². The number of nitrogen functional groups attached to an aromatic ring is 1. The Hall–Kier alpha value is -1.11. The SMILES string of the molecule is Cc1cc(Br)c(Nc2nc(N)nc(Cl)n2)cc1Cl. The molecule has 0 aliphatic carbocycles.